The van der Waals surface area contributed by atoms with Crippen LogP contribution in [0.1, 0.15) is 12.8 Å². The highest BCUT2D eigenvalue weighted by molar-refractivity contribution is 7.89. The number of benzene rings is 1. The second-order valence-corrected chi connectivity index (χ2v) is 9.11. The summed E-state index contributed by atoms with van der Waals surface area (Å²) < 4.78 is 32.1. The van der Waals surface area contributed by atoms with Crippen molar-refractivity contribution in [2.24, 2.45) is 0 Å². The van der Waals surface area contributed by atoms with E-state index in [9.17, 15) is 18.5 Å². The van der Waals surface area contributed by atoms with Gasteiger partial charge in [0.15, 0.2) is 0 Å². The number of nitro groups is 1. The molecule has 160 valence electrons. The average Bonchev–Trinajstić information content (AvgIpc) is 3.30. The topological polar surface area (TPSA) is 118 Å². The molecule has 0 saturated carbocycles. The number of nitro benzene ring substituents is 1. The number of ether oxygens (including phenoxy) is 1. The standard InChI is InChI=1S/C19H23N5O5S/c25-24(26)18-13-16(30(27,28)23-9-11-29-12-10-23)4-5-17(18)21-15-3-6-19(20-14-15)22-7-1-2-8-22/h3-6,13-14,21H,1-2,7-12H2. The smallest absolute Gasteiger partial charge is 0.294 e. The molecule has 1 N–H and O–H groups in total. The SMILES string of the molecule is O=[N+]([O-])c1cc(S(=O)(=O)N2CCOCC2)ccc1Nc1ccc(N2CCCC2)nc1. The van der Waals surface area contributed by atoms with Gasteiger partial charge in [-0.2, -0.15) is 4.31 Å². The van der Waals surface area contributed by atoms with Crippen molar-refractivity contribution >= 4 is 32.9 Å². The molecule has 30 heavy (non-hydrogen) atoms. The Morgan fingerprint density at radius 3 is 2.43 bits per heavy atom. The van der Waals surface area contributed by atoms with Crippen molar-refractivity contribution in [1.29, 1.82) is 0 Å². The van der Waals surface area contributed by atoms with Crippen LogP contribution in [0.15, 0.2) is 41.4 Å². The molecular formula is C19H23N5O5S. The third-order valence-electron chi connectivity index (χ3n) is 5.23. The maximum atomic E-state index is 12.8. The van der Waals surface area contributed by atoms with Crippen LogP contribution in [0.25, 0.3) is 0 Å². The number of pyridine rings is 1. The number of nitrogens with zero attached hydrogens (tertiary/aromatic N) is 4. The van der Waals surface area contributed by atoms with Crippen molar-refractivity contribution in [2.45, 2.75) is 17.7 Å². The summed E-state index contributed by atoms with van der Waals surface area (Å²) in [5.74, 6) is 0.875. The summed E-state index contributed by atoms with van der Waals surface area (Å²) in [5.41, 5.74) is 0.481. The molecule has 1 aromatic heterocycles. The molecule has 2 aliphatic rings. The first kappa shape index (κ1) is 20.5. The first-order valence-corrected chi connectivity index (χ1v) is 11.2. The Kier molecular flexibility index (Phi) is 5.84. The molecule has 0 radical (unpaired) electrons. The van der Waals surface area contributed by atoms with Crippen LogP contribution in [0.2, 0.25) is 0 Å². The van der Waals surface area contributed by atoms with Gasteiger partial charge in [-0.15, -0.1) is 0 Å². The van der Waals surface area contributed by atoms with E-state index in [0.29, 0.717) is 18.9 Å². The molecule has 2 saturated heterocycles. The Balaban J connectivity index is 1.57. The molecule has 0 bridgehead atoms. The van der Waals surface area contributed by atoms with Crippen molar-refractivity contribution in [1.82, 2.24) is 9.29 Å². The molecule has 11 heteroatoms. The first-order valence-electron chi connectivity index (χ1n) is 9.79. The van der Waals surface area contributed by atoms with Gasteiger partial charge in [-0.1, -0.05) is 0 Å². The summed E-state index contributed by atoms with van der Waals surface area (Å²) in [4.78, 5) is 17.5. The fourth-order valence-electron chi connectivity index (χ4n) is 3.61. The summed E-state index contributed by atoms with van der Waals surface area (Å²) in [7, 11) is -3.82. The molecule has 1 aromatic carbocycles. The van der Waals surface area contributed by atoms with E-state index in [4.69, 9.17) is 4.74 Å². The molecule has 4 rings (SSSR count). The van der Waals surface area contributed by atoms with E-state index in [-0.39, 0.29) is 29.4 Å². The Hall–Kier alpha value is -2.76. The lowest BCUT2D eigenvalue weighted by Gasteiger charge is -2.26. The van der Waals surface area contributed by atoms with E-state index in [0.717, 1.165) is 37.8 Å². The van der Waals surface area contributed by atoms with Crippen LogP contribution in [-0.4, -0.2) is 62.0 Å². The van der Waals surface area contributed by atoms with Crippen molar-refractivity contribution in [3.63, 3.8) is 0 Å². The fraction of sp³-hybridized carbons (Fsp3) is 0.421. The molecule has 0 spiro atoms. The Bertz CT molecular complexity index is 1020. The molecule has 0 aliphatic carbocycles. The van der Waals surface area contributed by atoms with Crippen LogP contribution in [0, 0.1) is 10.1 Å². The summed E-state index contributed by atoms with van der Waals surface area (Å²) in [6.07, 6.45) is 3.91. The molecular weight excluding hydrogens is 410 g/mol. The minimum atomic E-state index is -3.82. The summed E-state index contributed by atoms with van der Waals surface area (Å²) in [5, 5.41) is 14.6. The molecule has 0 unspecified atom stereocenters. The maximum Gasteiger partial charge on any atom is 0.294 e. The van der Waals surface area contributed by atoms with Gasteiger partial charge in [-0.3, -0.25) is 10.1 Å². The van der Waals surface area contributed by atoms with Gasteiger partial charge in [0.05, 0.1) is 34.9 Å². The molecule has 0 amide bonds. The number of sulfonamides is 1. The van der Waals surface area contributed by atoms with Gasteiger partial charge in [-0.05, 0) is 37.1 Å². The number of aromatic nitrogens is 1. The van der Waals surface area contributed by atoms with Crippen LogP contribution in [0.4, 0.5) is 22.9 Å². The zero-order valence-electron chi connectivity index (χ0n) is 16.4. The number of nitrogens with one attached hydrogen (secondary N) is 1. The minimum Gasteiger partial charge on any atom is -0.379 e. The normalized spacial score (nSPS) is 17.8. The minimum absolute atomic E-state index is 0.107. The van der Waals surface area contributed by atoms with Crippen molar-refractivity contribution < 1.29 is 18.1 Å². The lowest BCUT2D eigenvalue weighted by atomic mass is 10.2. The quantitative estimate of drug-likeness (QED) is 0.545. The van der Waals surface area contributed by atoms with E-state index in [1.807, 2.05) is 12.1 Å². The maximum absolute atomic E-state index is 12.8. The van der Waals surface area contributed by atoms with Crippen molar-refractivity contribution in [2.75, 3.05) is 49.6 Å². The van der Waals surface area contributed by atoms with Crippen LogP contribution in [0.3, 0.4) is 0 Å². The van der Waals surface area contributed by atoms with Gasteiger partial charge < -0.3 is 15.0 Å². The van der Waals surface area contributed by atoms with E-state index in [1.54, 1.807) is 6.20 Å². The van der Waals surface area contributed by atoms with Gasteiger partial charge >= 0.3 is 0 Å². The van der Waals surface area contributed by atoms with E-state index >= 15 is 0 Å². The summed E-state index contributed by atoms with van der Waals surface area (Å²) >= 11 is 0. The Labute approximate surface area is 174 Å². The average molecular weight is 433 g/mol. The second-order valence-electron chi connectivity index (χ2n) is 7.18. The lowest BCUT2D eigenvalue weighted by molar-refractivity contribution is -0.384. The number of morpholine rings is 1. The zero-order chi connectivity index (χ0) is 21.1. The molecule has 0 atom stereocenters. The fourth-order valence-corrected chi connectivity index (χ4v) is 5.04. The summed E-state index contributed by atoms with van der Waals surface area (Å²) in [6, 6.07) is 7.57. The van der Waals surface area contributed by atoms with Crippen LogP contribution in [0.5, 0.6) is 0 Å². The number of anilines is 3. The van der Waals surface area contributed by atoms with Crippen molar-refractivity contribution in [3.8, 4) is 0 Å². The van der Waals surface area contributed by atoms with Gasteiger partial charge in [0.25, 0.3) is 5.69 Å². The number of hydrogen-bond acceptors (Lipinski definition) is 8. The molecule has 3 heterocycles. The van der Waals surface area contributed by atoms with E-state index in [1.165, 1.54) is 16.4 Å². The van der Waals surface area contributed by atoms with Gasteiger partial charge in [0.2, 0.25) is 10.0 Å². The first-order chi connectivity index (χ1) is 14.4. The molecule has 10 nitrogen and oxygen atoms in total. The molecule has 2 aliphatic heterocycles. The molecule has 2 fully saturated rings. The Morgan fingerprint density at radius 1 is 1.07 bits per heavy atom. The third-order valence-corrected chi connectivity index (χ3v) is 7.13. The zero-order valence-corrected chi connectivity index (χ0v) is 17.2. The highest BCUT2D eigenvalue weighted by Crippen LogP contribution is 2.32. The van der Waals surface area contributed by atoms with Crippen LogP contribution < -0.4 is 10.2 Å². The van der Waals surface area contributed by atoms with Crippen LogP contribution in [-0.2, 0) is 14.8 Å². The number of hydrogen-bond donors (Lipinski definition) is 1. The van der Waals surface area contributed by atoms with Gasteiger partial charge in [0.1, 0.15) is 11.5 Å². The Morgan fingerprint density at radius 2 is 1.80 bits per heavy atom. The predicted octanol–water partition coefficient (Wildman–Crippen LogP) is 2.35. The highest BCUT2D eigenvalue weighted by Gasteiger charge is 2.29. The largest absolute Gasteiger partial charge is 0.379 e. The summed E-state index contributed by atoms with van der Waals surface area (Å²) in [6.45, 7) is 3.02. The monoisotopic (exact) mass is 433 g/mol. The second kappa shape index (κ2) is 8.54. The van der Waals surface area contributed by atoms with Crippen LogP contribution >= 0.6 is 0 Å². The van der Waals surface area contributed by atoms with Gasteiger partial charge in [0, 0.05) is 32.2 Å². The lowest BCUT2D eigenvalue weighted by Crippen LogP contribution is -2.40. The van der Waals surface area contributed by atoms with E-state index in [2.05, 4.69) is 15.2 Å². The third kappa shape index (κ3) is 4.23. The van der Waals surface area contributed by atoms with Crippen molar-refractivity contribution in [3.05, 3.63) is 46.6 Å². The number of rotatable bonds is 6. The van der Waals surface area contributed by atoms with E-state index < -0.39 is 14.9 Å². The van der Waals surface area contributed by atoms with Gasteiger partial charge in [-0.25, -0.2) is 13.4 Å². The highest BCUT2D eigenvalue weighted by atomic mass is 32.2. The molecule has 2 aromatic rings. The predicted molar refractivity (Wildman–Crippen MR) is 112 cm³/mol.